The van der Waals surface area contributed by atoms with Crippen molar-refractivity contribution in [2.45, 2.75) is 138 Å². The predicted octanol–water partition coefficient (Wildman–Crippen LogP) is 5.73. The Labute approximate surface area is 203 Å². The second-order valence-electron chi connectivity index (χ2n) is 8.64. The fourth-order valence-electron chi connectivity index (χ4n) is 3.19. The van der Waals surface area contributed by atoms with Gasteiger partial charge >= 0.3 is 138 Å². The number of hydrogen-bond acceptors (Lipinski definition) is 4. The van der Waals surface area contributed by atoms with Gasteiger partial charge in [-0.1, -0.05) is 39.0 Å². The van der Waals surface area contributed by atoms with E-state index in [1.165, 1.54) is 96.8 Å². The molecular formula is C24H48CaO5. The van der Waals surface area contributed by atoms with Crippen molar-refractivity contribution in [3.8, 4) is 0 Å². The molecule has 6 heteroatoms. The van der Waals surface area contributed by atoms with Gasteiger partial charge < -0.3 is 10.2 Å². The third-order valence-corrected chi connectivity index (χ3v) is 8.44. The van der Waals surface area contributed by atoms with Crippen molar-refractivity contribution in [2.24, 2.45) is 0 Å². The number of aliphatic hydroxyl groups is 2. The Bertz CT molecular complexity index is 386. The van der Waals surface area contributed by atoms with Crippen LogP contribution in [0.15, 0.2) is 0 Å². The Morgan fingerprint density at radius 1 is 0.700 bits per heavy atom. The van der Waals surface area contributed by atoms with Gasteiger partial charge in [-0.25, -0.2) is 4.79 Å². The molecule has 2 unspecified atom stereocenters. The van der Waals surface area contributed by atoms with E-state index in [0.717, 1.165) is 15.4 Å². The number of carboxylic acids is 1. The summed E-state index contributed by atoms with van der Waals surface area (Å²) in [4.78, 5) is 21.1. The van der Waals surface area contributed by atoms with Gasteiger partial charge in [-0.2, -0.15) is 0 Å². The Morgan fingerprint density at radius 2 is 1.03 bits per heavy atom. The monoisotopic (exact) mass is 456 g/mol. The molecule has 0 fully saturated rings. The molecule has 0 aromatic rings. The number of aliphatic carboxylic acids is 1. The van der Waals surface area contributed by atoms with Crippen LogP contribution in [0.25, 0.3) is 0 Å². The number of carbonyl (C=O) groups excluding carboxylic acids is 1. The van der Waals surface area contributed by atoms with E-state index in [0.29, 0.717) is 1.88 Å². The second kappa shape index (κ2) is 25.6. The quantitative estimate of drug-likeness (QED) is 0.161. The molecule has 0 saturated carbocycles. The molecule has 176 valence electrons. The summed E-state index contributed by atoms with van der Waals surface area (Å²) in [6, 6.07) is 0. The molecule has 0 saturated heterocycles. The number of rotatable bonds is 20. The van der Waals surface area contributed by atoms with E-state index in [4.69, 9.17) is 10.2 Å². The molecule has 0 aliphatic heterocycles. The van der Waals surface area contributed by atoms with Crippen LogP contribution in [-0.2, 0) is 9.59 Å². The molecule has 0 rings (SSSR count). The topological polar surface area (TPSA) is 94.8 Å². The maximum atomic E-state index is 11.7. The fourth-order valence-corrected chi connectivity index (χ4v) is 5.12. The zero-order valence-corrected chi connectivity index (χ0v) is 22.2. The van der Waals surface area contributed by atoms with Crippen molar-refractivity contribution in [1.82, 2.24) is 0 Å². The number of hydrogen-bond donors (Lipinski definition) is 3. The van der Waals surface area contributed by atoms with E-state index in [1.807, 2.05) is 0 Å². The summed E-state index contributed by atoms with van der Waals surface area (Å²) in [5.41, 5.74) is 0. The normalized spacial score (nSPS) is 12.4. The Kier molecular flexibility index (Phi) is 27.7. The molecule has 0 spiro atoms. The molecule has 2 atom stereocenters. The number of carbonyl (C=O) groups is 2. The van der Waals surface area contributed by atoms with Crippen molar-refractivity contribution in [2.75, 3.05) is 0 Å². The summed E-state index contributed by atoms with van der Waals surface area (Å²) in [7, 11) is 0. The van der Waals surface area contributed by atoms with Crippen LogP contribution in [0.5, 0.6) is 0 Å². The average molecular weight is 457 g/mol. The van der Waals surface area contributed by atoms with Crippen LogP contribution in [-0.4, -0.2) is 69.2 Å². The first-order valence-electron chi connectivity index (χ1n) is 12.4. The molecule has 0 bridgehead atoms. The van der Waals surface area contributed by atoms with E-state index in [9.17, 15) is 14.7 Å². The number of carboxylic acid groups (broad SMARTS) is 1. The summed E-state index contributed by atoms with van der Waals surface area (Å²) in [5, 5.41) is 25.0. The Morgan fingerprint density at radius 3 is 1.33 bits per heavy atom. The van der Waals surface area contributed by atoms with Crippen molar-refractivity contribution in [1.29, 1.82) is 0 Å². The van der Waals surface area contributed by atoms with Gasteiger partial charge in [0.05, 0.1) is 0 Å². The van der Waals surface area contributed by atoms with E-state index in [-0.39, 0.29) is 6.10 Å². The van der Waals surface area contributed by atoms with Gasteiger partial charge in [0.1, 0.15) is 6.10 Å². The van der Waals surface area contributed by atoms with Crippen LogP contribution in [0, 0.1) is 0 Å². The van der Waals surface area contributed by atoms with Crippen LogP contribution >= 0.6 is 0 Å². The van der Waals surface area contributed by atoms with Crippen LogP contribution < -0.4 is 0 Å². The SMILES string of the molecule is CC(O)C(=O)O.CCCCCCCCCCCCCCCCC[C](=O)[Ca][CH2]C(C)O. The number of unbranched alkanes of at least 4 members (excludes halogenated alkanes) is 14. The standard InChI is InChI=1S/C18H35O.C3H6O3.C3H7O.Ca/c1-2-3-4-5-6-7-8-9-10-11-12-13-14-15-16-17-18-19;1-2(4)3(5)6;1-3(2)4;/h2-17H2,1H3;2,4H,1H3,(H,5,6);3-4H,1H2,2H3;. The van der Waals surface area contributed by atoms with E-state index >= 15 is 0 Å². The van der Waals surface area contributed by atoms with Gasteiger partial charge in [0, 0.05) is 0 Å². The Balaban J connectivity index is 0. The first-order valence-corrected chi connectivity index (χ1v) is 15.1. The second-order valence-corrected chi connectivity index (χ2v) is 11.6. The van der Waals surface area contributed by atoms with Crippen molar-refractivity contribution in [3.05, 3.63) is 0 Å². The third kappa shape index (κ3) is 30.5. The van der Waals surface area contributed by atoms with E-state index < -0.39 is 45.9 Å². The first kappa shape index (κ1) is 32.5. The minimum atomic E-state index is -1.23. The summed E-state index contributed by atoms with van der Waals surface area (Å²) < 4.78 is 1.32. The number of aliphatic hydroxyl groups excluding tert-OH is 2. The average Bonchev–Trinajstić information content (AvgIpc) is 2.69. The molecule has 0 radical (unpaired) electrons. The summed E-state index contributed by atoms with van der Waals surface area (Å²) >= 11 is -1.09. The zero-order chi connectivity index (χ0) is 23.0. The third-order valence-electron chi connectivity index (χ3n) is 5.26. The summed E-state index contributed by atoms with van der Waals surface area (Å²) in [6.45, 7) is 5.27. The fraction of sp³-hybridized carbons (Fsp3) is 0.917. The molecule has 0 aliphatic carbocycles. The van der Waals surface area contributed by atoms with Crippen LogP contribution in [0.1, 0.15) is 124 Å². The molecular weight excluding hydrogens is 408 g/mol. The van der Waals surface area contributed by atoms with Gasteiger partial charge in [0.25, 0.3) is 0 Å². The molecule has 0 aromatic heterocycles. The summed E-state index contributed by atoms with van der Waals surface area (Å²) in [6.07, 6.45) is 19.9. The van der Waals surface area contributed by atoms with Crippen molar-refractivity contribution in [3.63, 3.8) is 0 Å². The van der Waals surface area contributed by atoms with E-state index in [2.05, 4.69) is 6.92 Å². The first-order chi connectivity index (χ1) is 14.3. The maximum absolute atomic E-state index is 11.7. The van der Waals surface area contributed by atoms with E-state index in [1.54, 1.807) is 6.92 Å². The van der Waals surface area contributed by atoms with Crippen molar-refractivity contribution >= 4 is 41.7 Å². The van der Waals surface area contributed by atoms with Gasteiger partial charge in [0.2, 0.25) is 0 Å². The predicted molar refractivity (Wildman–Crippen MR) is 126 cm³/mol. The minimum absolute atomic E-state index is 0.255. The molecule has 3 N–H and O–H groups in total. The van der Waals surface area contributed by atoms with Gasteiger partial charge in [-0.05, 0) is 6.92 Å². The molecule has 30 heavy (non-hydrogen) atoms. The zero-order valence-electron chi connectivity index (χ0n) is 20.0. The molecule has 5 nitrogen and oxygen atoms in total. The van der Waals surface area contributed by atoms with Gasteiger partial charge in [-0.3, -0.25) is 0 Å². The van der Waals surface area contributed by atoms with Crippen LogP contribution in [0.4, 0.5) is 0 Å². The van der Waals surface area contributed by atoms with Crippen LogP contribution in [0.2, 0.25) is 2.52 Å². The molecule has 0 aromatic carbocycles. The molecule has 0 aliphatic rings. The Hall–Kier alpha value is 0.320. The molecule has 0 heterocycles. The van der Waals surface area contributed by atoms with Crippen molar-refractivity contribution < 1.29 is 24.9 Å². The van der Waals surface area contributed by atoms with Crippen LogP contribution in [0.3, 0.4) is 0 Å². The van der Waals surface area contributed by atoms with Gasteiger partial charge in [0.15, 0.2) is 0 Å². The van der Waals surface area contributed by atoms with Gasteiger partial charge in [-0.15, -0.1) is 0 Å². The summed E-state index contributed by atoms with van der Waals surface area (Å²) in [5.74, 6) is -1.19. The molecule has 0 amide bonds.